The third-order valence-electron chi connectivity index (χ3n) is 6.31. The van der Waals surface area contributed by atoms with Crippen molar-refractivity contribution >= 4 is 6.21 Å². The summed E-state index contributed by atoms with van der Waals surface area (Å²) in [6.45, 7) is 1.04. The van der Waals surface area contributed by atoms with Crippen molar-refractivity contribution in [3.05, 3.63) is 29.8 Å². The van der Waals surface area contributed by atoms with Crippen LogP contribution >= 0.6 is 0 Å². The Labute approximate surface area is 134 Å². The highest BCUT2D eigenvalue weighted by molar-refractivity contribution is 5.79. The lowest BCUT2D eigenvalue weighted by Gasteiger charge is -2.44. The molecule has 1 aromatic carbocycles. The molecular formula is C20H27NO. The minimum absolute atomic E-state index is 0.530. The molecule has 118 valence electrons. The SMILES string of the molecule is COc1ccc(C=NCC23CCC4C[C@H](C[C@H](C4)C2)C3)cc1. The third kappa shape index (κ3) is 2.80. The molecule has 2 nitrogen and oxygen atoms in total. The summed E-state index contributed by atoms with van der Waals surface area (Å²) >= 11 is 0. The summed E-state index contributed by atoms with van der Waals surface area (Å²) in [4.78, 5) is 4.86. The van der Waals surface area contributed by atoms with Crippen molar-refractivity contribution in [2.24, 2.45) is 28.2 Å². The molecule has 0 amide bonds. The molecule has 0 N–H and O–H groups in total. The lowest BCUT2D eigenvalue weighted by molar-refractivity contribution is 0.0728. The van der Waals surface area contributed by atoms with Gasteiger partial charge in [0.25, 0.3) is 0 Å². The molecule has 0 spiro atoms. The average Bonchev–Trinajstić information content (AvgIpc) is 2.72. The van der Waals surface area contributed by atoms with Crippen LogP contribution in [0.5, 0.6) is 5.75 Å². The van der Waals surface area contributed by atoms with Gasteiger partial charge in [-0.3, -0.25) is 4.99 Å². The van der Waals surface area contributed by atoms with Gasteiger partial charge in [-0.05, 0) is 97.9 Å². The molecule has 4 bridgehead atoms. The molecule has 2 unspecified atom stereocenters. The van der Waals surface area contributed by atoms with Crippen molar-refractivity contribution in [3.63, 3.8) is 0 Å². The highest BCUT2D eigenvalue weighted by atomic mass is 16.5. The van der Waals surface area contributed by atoms with E-state index in [0.29, 0.717) is 5.41 Å². The van der Waals surface area contributed by atoms with Crippen molar-refractivity contribution in [1.29, 1.82) is 0 Å². The van der Waals surface area contributed by atoms with Crippen LogP contribution in [0.1, 0.15) is 50.5 Å². The average molecular weight is 297 g/mol. The number of aliphatic imine (C=N–C) groups is 1. The topological polar surface area (TPSA) is 21.6 Å². The number of methoxy groups -OCH3 is 1. The number of benzene rings is 1. The van der Waals surface area contributed by atoms with E-state index >= 15 is 0 Å². The van der Waals surface area contributed by atoms with E-state index in [0.717, 1.165) is 30.0 Å². The quantitative estimate of drug-likeness (QED) is 0.737. The first kappa shape index (κ1) is 14.3. The second-order valence-corrected chi connectivity index (χ2v) is 8.00. The highest BCUT2D eigenvalue weighted by Gasteiger charge is 2.47. The Hall–Kier alpha value is -1.31. The van der Waals surface area contributed by atoms with E-state index in [2.05, 4.69) is 18.3 Å². The molecular weight excluding hydrogens is 270 g/mol. The van der Waals surface area contributed by atoms with Crippen LogP contribution in [-0.4, -0.2) is 19.9 Å². The van der Waals surface area contributed by atoms with E-state index in [1.807, 2.05) is 12.1 Å². The molecule has 0 aliphatic heterocycles. The number of hydrogen-bond donors (Lipinski definition) is 0. The van der Waals surface area contributed by atoms with Crippen LogP contribution in [0.2, 0.25) is 0 Å². The Morgan fingerprint density at radius 3 is 2.45 bits per heavy atom. The third-order valence-corrected chi connectivity index (χ3v) is 6.31. The zero-order valence-electron chi connectivity index (χ0n) is 13.6. The summed E-state index contributed by atoms with van der Waals surface area (Å²) in [7, 11) is 1.71. The summed E-state index contributed by atoms with van der Waals surface area (Å²) in [6, 6.07) is 8.20. The Morgan fingerprint density at radius 1 is 1.09 bits per heavy atom. The number of fused-ring (bicyclic) bond motifs is 1. The summed E-state index contributed by atoms with van der Waals surface area (Å²) < 4.78 is 5.21. The minimum atomic E-state index is 0.530. The molecule has 5 rings (SSSR count). The second kappa shape index (κ2) is 5.72. The van der Waals surface area contributed by atoms with Gasteiger partial charge in [-0.2, -0.15) is 0 Å². The lowest BCUT2D eigenvalue weighted by Crippen LogP contribution is -2.36. The van der Waals surface area contributed by atoms with Crippen molar-refractivity contribution < 1.29 is 4.74 Å². The van der Waals surface area contributed by atoms with Crippen molar-refractivity contribution in [1.82, 2.24) is 0 Å². The van der Waals surface area contributed by atoms with Gasteiger partial charge >= 0.3 is 0 Å². The zero-order chi connectivity index (χ0) is 15.0. The summed E-state index contributed by atoms with van der Waals surface area (Å²) in [5.74, 6) is 3.97. The Morgan fingerprint density at radius 2 is 1.77 bits per heavy atom. The molecule has 22 heavy (non-hydrogen) atoms. The molecule has 4 aliphatic rings. The second-order valence-electron chi connectivity index (χ2n) is 8.00. The van der Waals surface area contributed by atoms with Crippen LogP contribution in [-0.2, 0) is 0 Å². The molecule has 4 saturated carbocycles. The first-order valence-corrected chi connectivity index (χ1v) is 8.89. The Kier molecular flexibility index (Phi) is 3.71. The van der Waals surface area contributed by atoms with Crippen LogP contribution in [0.4, 0.5) is 0 Å². The van der Waals surface area contributed by atoms with Gasteiger partial charge in [-0.25, -0.2) is 0 Å². The maximum atomic E-state index is 5.21. The first-order chi connectivity index (χ1) is 10.7. The summed E-state index contributed by atoms with van der Waals surface area (Å²) in [5.41, 5.74) is 1.71. The normalized spacial score (nSPS) is 36.7. The monoisotopic (exact) mass is 297 g/mol. The maximum Gasteiger partial charge on any atom is 0.118 e. The van der Waals surface area contributed by atoms with Crippen molar-refractivity contribution in [3.8, 4) is 5.75 Å². The smallest absolute Gasteiger partial charge is 0.118 e. The molecule has 0 saturated heterocycles. The summed E-state index contributed by atoms with van der Waals surface area (Å²) in [5, 5.41) is 0. The molecule has 4 fully saturated rings. The van der Waals surface area contributed by atoms with Crippen molar-refractivity contribution in [2.45, 2.75) is 44.9 Å². The van der Waals surface area contributed by atoms with E-state index in [4.69, 9.17) is 9.73 Å². The van der Waals surface area contributed by atoms with Crippen LogP contribution < -0.4 is 4.74 Å². The first-order valence-electron chi connectivity index (χ1n) is 8.89. The van der Waals surface area contributed by atoms with Crippen LogP contribution in [0.3, 0.4) is 0 Å². The van der Waals surface area contributed by atoms with E-state index in [1.165, 1.54) is 50.5 Å². The maximum absolute atomic E-state index is 5.21. The fraction of sp³-hybridized carbons (Fsp3) is 0.650. The molecule has 4 atom stereocenters. The van der Waals surface area contributed by atoms with E-state index < -0.39 is 0 Å². The number of ether oxygens (including phenoxy) is 1. The van der Waals surface area contributed by atoms with E-state index in [1.54, 1.807) is 7.11 Å². The minimum Gasteiger partial charge on any atom is -0.497 e. The van der Waals surface area contributed by atoms with E-state index in [-0.39, 0.29) is 0 Å². The number of nitrogens with zero attached hydrogens (tertiary/aromatic N) is 1. The number of rotatable bonds is 4. The van der Waals surface area contributed by atoms with Gasteiger partial charge in [-0.1, -0.05) is 0 Å². The molecule has 0 aromatic heterocycles. The van der Waals surface area contributed by atoms with Gasteiger partial charge in [-0.15, -0.1) is 0 Å². The molecule has 2 heteroatoms. The fourth-order valence-corrected chi connectivity index (χ4v) is 5.54. The number of hydrogen-bond acceptors (Lipinski definition) is 2. The zero-order valence-corrected chi connectivity index (χ0v) is 13.6. The van der Waals surface area contributed by atoms with Crippen molar-refractivity contribution in [2.75, 3.05) is 13.7 Å². The largest absolute Gasteiger partial charge is 0.497 e. The van der Waals surface area contributed by atoms with Gasteiger partial charge in [0.15, 0.2) is 0 Å². The Balaban J connectivity index is 1.44. The van der Waals surface area contributed by atoms with Gasteiger partial charge in [0.1, 0.15) is 5.75 Å². The molecule has 4 aliphatic carbocycles. The van der Waals surface area contributed by atoms with Gasteiger partial charge in [0.05, 0.1) is 7.11 Å². The molecule has 1 aromatic rings. The molecule has 0 radical (unpaired) electrons. The summed E-state index contributed by atoms with van der Waals surface area (Å²) in [6.07, 6.45) is 12.4. The van der Waals surface area contributed by atoms with Gasteiger partial charge in [0, 0.05) is 12.8 Å². The van der Waals surface area contributed by atoms with Crippen LogP contribution in [0.25, 0.3) is 0 Å². The van der Waals surface area contributed by atoms with Crippen LogP contribution in [0, 0.1) is 23.2 Å². The van der Waals surface area contributed by atoms with Crippen LogP contribution in [0.15, 0.2) is 29.3 Å². The lowest BCUT2D eigenvalue weighted by atomic mass is 9.61. The molecule has 0 heterocycles. The van der Waals surface area contributed by atoms with E-state index in [9.17, 15) is 0 Å². The fourth-order valence-electron chi connectivity index (χ4n) is 5.54. The predicted molar refractivity (Wildman–Crippen MR) is 90.7 cm³/mol. The highest BCUT2D eigenvalue weighted by Crippen LogP contribution is 2.57. The standard InChI is InChI=1S/C20H27NO/c1-22-19-4-2-15(3-5-19)13-21-14-20-7-6-16-8-17(11-20)10-18(9-16)12-20/h2-5,13,16-18H,6-12,14H2,1H3/t16?,17-,18+,20?. The van der Waals surface area contributed by atoms with Gasteiger partial charge in [0.2, 0.25) is 0 Å². The Bertz CT molecular complexity index is 533. The predicted octanol–water partition coefficient (Wildman–Crippen LogP) is 4.72. The van der Waals surface area contributed by atoms with Gasteiger partial charge < -0.3 is 4.74 Å².